The standard InChI is InChI=1S/C15H28N2O2/c1-3-4-5-6-7-12-17-15(19)9-8-11-16(17)13-10-14(2)18/h6-7,14,18H,3-5,8-13H2,1-2H3/b7-6-. The molecule has 1 aliphatic rings. The zero-order valence-corrected chi connectivity index (χ0v) is 12.3. The van der Waals surface area contributed by atoms with E-state index in [2.05, 4.69) is 24.1 Å². The van der Waals surface area contributed by atoms with Gasteiger partial charge in [0.25, 0.3) is 0 Å². The Morgan fingerprint density at radius 3 is 2.89 bits per heavy atom. The fourth-order valence-corrected chi connectivity index (χ4v) is 2.22. The Bertz CT molecular complexity index is 290. The molecule has 1 rings (SSSR count). The monoisotopic (exact) mass is 268 g/mol. The molecule has 1 amide bonds. The summed E-state index contributed by atoms with van der Waals surface area (Å²) in [4.78, 5) is 12.0. The lowest BCUT2D eigenvalue weighted by molar-refractivity contribution is -0.154. The Kier molecular flexibility index (Phi) is 7.75. The van der Waals surface area contributed by atoms with Crippen molar-refractivity contribution in [3.63, 3.8) is 0 Å². The molecule has 4 heteroatoms. The van der Waals surface area contributed by atoms with Crippen LogP contribution in [-0.2, 0) is 4.79 Å². The SMILES string of the molecule is CCCC/C=C\CN1C(=O)CCCN1CCC(C)O. The predicted molar refractivity (Wildman–Crippen MR) is 77.5 cm³/mol. The van der Waals surface area contributed by atoms with Crippen LogP contribution in [0.2, 0.25) is 0 Å². The lowest BCUT2D eigenvalue weighted by Crippen LogP contribution is -2.51. The first kappa shape index (κ1) is 16.2. The molecule has 0 aromatic carbocycles. The van der Waals surface area contributed by atoms with Gasteiger partial charge in [0.05, 0.1) is 12.6 Å². The summed E-state index contributed by atoms with van der Waals surface area (Å²) in [5, 5.41) is 13.3. The molecule has 0 aromatic rings. The summed E-state index contributed by atoms with van der Waals surface area (Å²) in [6.07, 6.45) is 9.73. The Hall–Kier alpha value is -0.870. The van der Waals surface area contributed by atoms with Crippen molar-refractivity contribution in [3.05, 3.63) is 12.2 Å². The van der Waals surface area contributed by atoms with Gasteiger partial charge in [-0.2, -0.15) is 0 Å². The number of aliphatic hydroxyl groups is 1. The molecule has 19 heavy (non-hydrogen) atoms. The Morgan fingerprint density at radius 2 is 2.21 bits per heavy atom. The molecule has 1 unspecified atom stereocenters. The third-order valence-corrected chi connectivity index (χ3v) is 3.41. The molecular weight excluding hydrogens is 240 g/mol. The van der Waals surface area contributed by atoms with Gasteiger partial charge in [0, 0.05) is 19.5 Å². The topological polar surface area (TPSA) is 43.8 Å². The summed E-state index contributed by atoms with van der Waals surface area (Å²) in [6.45, 7) is 6.32. The van der Waals surface area contributed by atoms with E-state index in [4.69, 9.17) is 0 Å². The number of hydrogen-bond donors (Lipinski definition) is 1. The van der Waals surface area contributed by atoms with Gasteiger partial charge in [-0.15, -0.1) is 0 Å². The average molecular weight is 268 g/mol. The van der Waals surface area contributed by atoms with Gasteiger partial charge < -0.3 is 5.11 Å². The second-order valence-electron chi connectivity index (χ2n) is 5.28. The van der Waals surface area contributed by atoms with Crippen LogP contribution < -0.4 is 0 Å². The zero-order chi connectivity index (χ0) is 14.1. The molecule has 1 fully saturated rings. The van der Waals surface area contributed by atoms with E-state index in [9.17, 15) is 9.90 Å². The van der Waals surface area contributed by atoms with Crippen molar-refractivity contribution in [3.8, 4) is 0 Å². The second-order valence-corrected chi connectivity index (χ2v) is 5.28. The van der Waals surface area contributed by atoms with E-state index in [-0.39, 0.29) is 12.0 Å². The highest BCUT2D eigenvalue weighted by Gasteiger charge is 2.24. The fourth-order valence-electron chi connectivity index (χ4n) is 2.22. The van der Waals surface area contributed by atoms with Gasteiger partial charge in [0.2, 0.25) is 5.91 Å². The summed E-state index contributed by atoms with van der Waals surface area (Å²) < 4.78 is 0. The minimum atomic E-state index is -0.307. The smallest absolute Gasteiger partial charge is 0.237 e. The third-order valence-electron chi connectivity index (χ3n) is 3.41. The molecule has 0 bridgehead atoms. The Morgan fingerprint density at radius 1 is 1.42 bits per heavy atom. The number of hydrogen-bond acceptors (Lipinski definition) is 3. The van der Waals surface area contributed by atoms with E-state index in [0.29, 0.717) is 19.4 Å². The summed E-state index contributed by atoms with van der Waals surface area (Å²) in [6, 6.07) is 0. The number of nitrogens with zero attached hydrogens (tertiary/aromatic N) is 2. The number of rotatable bonds is 8. The summed E-state index contributed by atoms with van der Waals surface area (Å²) in [5.41, 5.74) is 0. The molecule has 1 saturated heterocycles. The highest BCUT2D eigenvalue weighted by atomic mass is 16.3. The first-order chi connectivity index (χ1) is 9.15. The number of amides is 1. The van der Waals surface area contributed by atoms with Gasteiger partial charge in [0.1, 0.15) is 0 Å². The molecule has 0 spiro atoms. The van der Waals surface area contributed by atoms with Crippen LogP contribution in [0.25, 0.3) is 0 Å². The number of carbonyl (C=O) groups is 1. The van der Waals surface area contributed by atoms with E-state index in [1.807, 2.05) is 5.01 Å². The van der Waals surface area contributed by atoms with Crippen LogP contribution in [0.1, 0.15) is 52.4 Å². The largest absolute Gasteiger partial charge is 0.393 e. The highest BCUT2D eigenvalue weighted by Crippen LogP contribution is 2.13. The molecule has 1 heterocycles. The first-order valence-electron chi connectivity index (χ1n) is 7.53. The Labute approximate surface area is 117 Å². The summed E-state index contributed by atoms with van der Waals surface area (Å²) in [5.74, 6) is 0.206. The third kappa shape index (κ3) is 6.21. The van der Waals surface area contributed by atoms with E-state index >= 15 is 0 Å². The van der Waals surface area contributed by atoms with Gasteiger partial charge in [-0.1, -0.05) is 31.9 Å². The van der Waals surface area contributed by atoms with Gasteiger partial charge >= 0.3 is 0 Å². The minimum Gasteiger partial charge on any atom is -0.393 e. The highest BCUT2D eigenvalue weighted by molar-refractivity contribution is 5.76. The van der Waals surface area contributed by atoms with Gasteiger partial charge in [-0.05, 0) is 26.2 Å². The van der Waals surface area contributed by atoms with Crippen LogP contribution in [0.4, 0.5) is 0 Å². The van der Waals surface area contributed by atoms with Crippen LogP contribution in [0.5, 0.6) is 0 Å². The van der Waals surface area contributed by atoms with Crippen LogP contribution in [0, 0.1) is 0 Å². The molecular formula is C15H28N2O2. The van der Waals surface area contributed by atoms with Gasteiger partial charge in [0.15, 0.2) is 0 Å². The van der Waals surface area contributed by atoms with Crippen molar-refractivity contribution in [2.45, 2.75) is 58.5 Å². The van der Waals surface area contributed by atoms with Crippen LogP contribution >= 0.6 is 0 Å². The number of carbonyl (C=O) groups excluding carboxylic acids is 1. The number of allylic oxidation sites excluding steroid dienone is 1. The quantitative estimate of drug-likeness (QED) is 0.543. The summed E-state index contributed by atoms with van der Waals surface area (Å²) in [7, 11) is 0. The van der Waals surface area contributed by atoms with Crippen LogP contribution in [0.15, 0.2) is 12.2 Å². The summed E-state index contributed by atoms with van der Waals surface area (Å²) >= 11 is 0. The van der Waals surface area contributed by atoms with Gasteiger partial charge in [-0.3, -0.25) is 9.80 Å². The molecule has 1 atom stereocenters. The van der Waals surface area contributed by atoms with Gasteiger partial charge in [-0.25, -0.2) is 5.01 Å². The van der Waals surface area contributed by atoms with E-state index in [1.54, 1.807) is 6.92 Å². The molecule has 110 valence electrons. The molecule has 1 N–H and O–H groups in total. The normalized spacial score (nSPS) is 19.3. The average Bonchev–Trinajstić information content (AvgIpc) is 2.38. The van der Waals surface area contributed by atoms with Crippen molar-refractivity contribution >= 4 is 5.91 Å². The van der Waals surface area contributed by atoms with E-state index < -0.39 is 0 Å². The number of aliphatic hydroxyl groups excluding tert-OH is 1. The van der Waals surface area contributed by atoms with Crippen molar-refractivity contribution in [2.75, 3.05) is 19.6 Å². The predicted octanol–water partition coefficient (Wildman–Crippen LogP) is 2.34. The maximum atomic E-state index is 12.0. The van der Waals surface area contributed by atoms with Crippen LogP contribution in [-0.4, -0.2) is 46.8 Å². The minimum absolute atomic E-state index is 0.206. The first-order valence-corrected chi connectivity index (χ1v) is 7.53. The Balaban J connectivity index is 2.43. The van der Waals surface area contributed by atoms with E-state index in [1.165, 1.54) is 12.8 Å². The molecule has 1 aliphatic heterocycles. The van der Waals surface area contributed by atoms with Crippen molar-refractivity contribution in [1.82, 2.24) is 10.0 Å². The zero-order valence-electron chi connectivity index (χ0n) is 12.3. The maximum absolute atomic E-state index is 12.0. The van der Waals surface area contributed by atoms with E-state index in [0.717, 1.165) is 25.9 Å². The molecule has 0 aliphatic carbocycles. The van der Waals surface area contributed by atoms with Crippen molar-refractivity contribution in [2.24, 2.45) is 0 Å². The lowest BCUT2D eigenvalue weighted by Gasteiger charge is -2.38. The van der Waals surface area contributed by atoms with Crippen molar-refractivity contribution < 1.29 is 9.90 Å². The molecule has 0 saturated carbocycles. The fraction of sp³-hybridized carbons (Fsp3) is 0.800. The van der Waals surface area contributed by atoms with Crippen LogP contribution in [0.3, 0.4) is 0 Å². The second kappa shape index (κ2) is 9.10. The molecule has 0 radical (unpaired) electrons. The number of unbranched alkanes of at least 4 members (excludes halogenated alkanes) is 2. The molecule has 0 aromatic heterocycles. The number of hydrazine groups is 1. The van der Waals surface area contributed by atoms with Crippen molar-refractivity contribution in [1.29, 1.82) is 0 Å². The lowest BCUT2D eigenvalue weighted by atomic mass is 10.2. The molecule has 4 nitrogen and oxygen atoms in total. The maximum Gasteiger partial charge on any atom is 0.237 e.